The molecule has 0 N–H and O–H groups in total. The van der Waals surface area contributed by atoms with Crippen LogP contribution >= 0.6 is 11.6 Å². The summed E-state index contributed by atoms with van der Waals surface area (Å²) in [6.45, 7) is 13.6. The summed E-state index contributed by atoms with van der Waals surface area (Å²) in [6.07, 6.45) is 2.45. The van der Waals surface area contributed by atoms with E-state index < -0.39 is 11.4 Å². The zero-order valence-corrected chi connectivity index (χ0v) is 17.8. The molecule has 1 aromatic carbocycles. The first-order valence-electron chi connectivity index (χ1n) is 9.31. The minimum atomic E-state index is -0.811. The third-order valence-corrected chi connectivity index (χ3v) is 4.75. The fourth-order valence-electron chi connectivity index (χ4n) is 3.29. The molecule has 2 rings (SSSR count). The van der Waals surface area contributed by atoms with Crippen LogP contribution in [0.1, 0.15) is 66.0 Å². The van der Waals surface area contributed by atoms with Gasteiger partial charge in [-0.1, -0.05) is 32.4 Å². The smallest absolute Gasteiger partial charge is 0.178 e. The molecular formula is C22H28ClFO3. The molecule has 0 spiro atoms. The average molecular weight is 395 g/mol. The highest BCUT2D eigenvalue weighted by Gasteiger charge is 2.33. The highest BCUT2D eigenvalue weighted by atomic mass is 35.5. The van der Waals surface area contributed by atoms with Crippen LogP contribution in [-0.4, -0.2) is 18.0 Å². The number of carbonyl (C=O) groups excluding carboxylic acids is 1. The van der Waals surface area contributed by atoms with Crippen LogP contribution in [0.5, 0.6) is 11.5 Å². The monoisotopic (exact) mass is 394 g/mol. The quantitative estimate of drug-likeness (QED) is 0.401. The first-order chi connectivity index (χ1) is 12.5. The van der Waals surface area contributed by atoms with E-state index in [4.69, 9.17) is 21.1 Å². The van der Waals surface area contributed by atoms with E-state index in [0.717, 1.165) is 11.1 Å². The minimum absolute atomic E-state index is 0.173. The lowest BCUT2D eigenvalue weighted by atomic mass is 9.85. The second-order valence-corrected chi connectivity index (χ2v) is 8.25. The number of fused-ring (bicyclic) bond motifs is 1. The summed E-state index contributed by atoms with van der Waals surface area (Å²) in [5, 5.41) is 0.306. The molecular weight excluding hydrogens is 367 g/mol. The van der Waals surface area contributed by atoms with Crippen molar-refractivity contribution in [3.63, 3.8) is 0 Å². The Hall–Kier alpha value is -1.81. The molecule has 1 aromatic rings. The second-order valence-electron chi connectivity index (χ2n) is 7.87. The van der Waals surface area contributed by atoms with Crippen LogP contribution in [0.3, 0.4) is 0 Å². The number of benzene rings is 1. The number of hydrogen-bond donors (Lipinski definition) is 0. The molecule has 0 amide bonds. The Morgan fingerprint density at radius 3 is 2.44 bits per heavy atom. The molecule has 1 aliphatic heterocycles. The van der Waals surface area contributed by atoms with E-state index in [0.29, 0.717) is 28.5 Å². The van der Waals surface area contributed by atoms with Crippen LogP contribution in [0.25, 0.3) is 11.1 Å². The van der Waals surface area contributed by atoms with E-state index in [1.807, 2.05) is 33.8 Å². The maximum atomic E-state index is 14.3. The van der Waals surface area contributed by atoms with Gasteiger partial charge in [-0.05, 0) is 57.7 Å². The van der Waals surface area contributed by atoms with Gasteiger partial charge in [-0.3, -0.25) is 4.79 Å². The Labute approximate surface area is 166 Å². The van der Waals surface area contributed by atoms with Crippen molar-refractivity contribution in [2.45, 2.75) is 66.6 Å². The lowest BCUT2D eigenvalue weighted by Gasteiger charge is -2.34. The molecule has 0 saturated heterocycles. The molecule has 5 heteroatoms. The molecule has 1 aliphatic rings. The molecule has 0 fully saturated rings. The standard InChI is InChI=1S/C22H28ClFO3/c1-8-14(18(24)11-25)15-9-16-17(12(2)3)10-22(6,7)27-21(16)19(23)20(15)26-13(4)5/h9-13H,8H2,1-7H3/b18-14+. The Kier molecular flexibility index (Phi) is 6.41. The Morgan fingerprint density at radius 1 is 1.33 bits per heavy atom. The van der Waals surface area contributed by atoms with Gasteiger partial charge in [0.25, 0.3) is 0 Å². The zero-order chi connectivity index (χ0) is 20.5. The predicted molar refractivity (Wildman–Crippen MR) is 109 cm³/mol. The van der Waals surface area contributed by atoms with Gasteiger partial charge in [-0.25, -0.2) is 4.39 Å². The third-order valence-electron chi connectivity index (χ3n) is 4.40. The molecule has 0 bridgehead atoms. The molecule has 0 radical (unpaired) electrons. The summed E-state index contributed by atoms with van der Waals surface area (Å²) in [5.74, 6) is 0.293. The molecule has 148 valence electrons. The van der Waals surface area contributed by atoms with E-state index >= 15 is 0 Å². The molecule has 27 heavy (non-hydrogen) atoms. The molecule has 0 aliphatic carbocycles. The van der Waals surface area contributed by atoms with E-state index in [2.05, 4.69) is 19.9 Å². The van der Waals surface area contributed by atoms with Crippen LogP contribution < -0.4 is 9.47 Å². The Bertz CT molecular complexity index is 804. The van der Waals surface area contributed by atoms with Crippen LogP contribution in [0.2, 0.25) is 5.02 Å². The van der Waals surface area contributed by atoms with Gasteiger partial charge >= 0.3 is 0 Å². The maximum Gasteiger partial charge on any atom is 0.178 e. The number of hydrogen-bond acceptors (Lipinski definition) is 3. The Balaban J connectivity index is 2.89. The van der Waals surface area contributed by atoms with Crippen molar-refractivity contribution in [3.8, 4) is 11.5 Å². The van der Waals surface area contributed by atoms with Crippen molar-refractivity contribution >= 4 is 29.0 Å². The maximum absolute atomic E-state index is 14.3. The third kappa shape index (κ3) is 4.37. The zero-order valence-electron chi connectivity index (χ0n) is 17.1. The van der Waals surface area contributed by atoms with Gasteiger partial charge in [-0.15, -0.1) is 0 Å². The summed E-state index contributed by atoms with van der Waals surface area (Å²) in [5.41, 5.74) is 2.13. The van der Waals surface area contributed by atoms with Crippen LogP contribution in [0, 0.1) is 5.92 Å². The minimum Gasteiger partial charge on any atom is -0.489 e. The van der Waals surface area contributed by atoms with E-state index in [1.54, 1.807) is 6.92 Å². The highest BCUT2D eigenvalue weighted by Crippen LogP contribution is 2.50. The Morgan fingerprint density at radius 2 is 1.96 bits per heavy atom. The van der Waals surface area contributed by atoms with Gasteiger partial charge in [0.05, 0.1) is 6.10 Å². The van der Waals surface area contributed by atoms with Crippen molar-refractivity contribution in [1.29, 1.82) is 0 Å². The summed E-state index contributed by atoms with van der Waals surface area (Å²) in [4.78, 5) is 11.1. The molecule has 0 aromatic heterocycles. The van der Waals surface area contributed by atoms with Crippen LogP contribution in [0.4, 0.5) is 4.39 Å². The van der Waals surface area contributed by atoms with E-state index in [-0.39, 0.29) is 23.9 Å². The molecule has 3 nitrogen and oxygen atoms in total. The SMILES string of the molecule is CC/C(=C(\F)C=O)c1cc2c(c(Cl)c1OC(C)C)OC(C)(C)C=C2C(C)C. The number of halogens is 2. The van der Waals surface area contributed by atoms with Crippen LogP contribution in [-0.2, 0) is 4.79 Å². The van der Waals surface area contributed by atoms with Crippen LogP contribution in [0.15, 0.2) is 18.0 Å². The topological polar surface area (TPSA) is 35.5 Å². The number of rotatable bonds is 6. The van der Waals surface area contributed by atoms with Gasteiger partial charge in [0.2, 0.25) is 0 Å². The van der Waals surface area contributed by atoms with Gasteiger partial charge in [0.15, 0.2) is 17.9 Å². The second kappa shape index (κ2) is 8.05. The number of carbonyl (C=O) groups is 1. The summed E-state index contributed by atoms with van der Waals surface area (Å²) in [7, 11) is 0. The highest BCUT2D eigenvalue weighted by molar-refractivity contribution is 6.34. The van der Waals surface area contributed by atoms with Crippen molar-refractivity contribution in [2.75, 3.05) is 0 Å². The van der Waals surface area contributed by atoms with Gasteiger partial charge < -0.3 is 9.47 Å². The normalized spacial score (nSPS) is 16.5. The summed E-state index contributed by atoms with van der Waals surface area (Å²) < 4.78 is 26.4. The first-order valence-corrected chi connectivity index (χ1v) is 9.69. The van der Waals surface area contributed by atoms with Gasteiger partial charge in [0, 0.05) is 16.7 Å². The summed E-state index contributed by atoms with van der Waals surface area (Å²) >= 11 is 6.71. The van der Waals surface area contributed by atoms with E-state index in [9.17, 15) is 9.18 Å². The fourth-order valence-corrected chi connectivity index (χ4v) is 3.57. The van der Waals surface area contributed by atoms with Crippen molar-refractivity contribution < 1.29 is 18.7 Å². The molecule has 0 atom stereocenters. The van der Waals surface area contributed by atoms with Crippen molar-refractivity contribution in [2.24, 2.45) is 5.92 Å². The van der Waals surface area contributed by atoms with Crippen molar-refractivity contribution in [3.05, 3.63) is 34.1 Å². The number of allylic oxidation sites excluding steroid dienone is 3. The molecule has 0 unspecified atom stereocenters. The first kappa shape index (κ1) is 21.5. The lowest BCUT2D eigenvalue weighted by molar-refractivity contribution is -0.106. The number of aldehydes is 1. The molecule has 0 saturated carbocycles. The van der Waals surface area contributed by atoms with Gasteiger partial charge in [-0.2, -0.15) is 0 Å². The van der Waals surface area contributed by atoms with E-state index in [1.165, 1.54) is 0 Å². The predicted octanol–water partition coefficient (Wildman–Crippen LogP) is 6.63. The van der Waals surface area contributed by atoms with Crippen molar-refractivity contribution in [1.82, 2.24) is 0 Å². The van der Waals surface area contributed by atoms with Gasteiger partial charge in [0.1, 0.15) is 16.4 Å². The largest absolute Gasteiger partial charge is 0.489 e. The molecule has 1 heterocycles. The average Bonchev–Trinajstić information content (AvgIpc) is 2.57. The lowest BCUT2D eigenvalue weighted by Crippen LogP contribution is -2.30. The fraction of sp³-hybridized carbons (Fsp3) is 0.500. The number of ether oxygens (including phenoxy) is 2. The summed E-state index contributed by atoms with van der Waals surface area (Å²) in [6, 6.07) is 1.84.